The third kappa shape index (κ3) is 5.23. The molecule has 0 aliphatic rings. The molecule has 0 amide bonds. The molecule has 2 rings (SSSR count). The van der Waals surface area contributed by atoms with Gasteiger partial charge >= 0.3 is 6.61 Å². The van der Waals surface area contributed by atoms with Crippen LogP contribution in [0.15, 0.2) is 56.3 Å². The van der Waals surface area contributed by atoms with E-state index in [1.54, 1.807) is 18.2 Å². The summed E-state index contributed by atoms with van der Waals surface area (Å²) in [5.41, 5.74) is 0.500. The smallest absolute Gasteiger partial charge is 0.387 e. The van der Waals surface area contributed by atoms with Gasteiger partial charge in [0, 0.05) is 15.5 Å². The van der Waals surface area contributed by atoms with Crippen molar-refractivity contribution in [1.29, 1.82) is 0 Å². The molecular formula is C14H11Br2F2NO3S. The fourth-order valence-electron chi connectivity index (χ4n) is 1.78. The van der Waals surface area contributed by atoms with E-state index in [1.807, 2.05) is 0 Å². The van der Waals surface area contributed by atoms with Gasteiger partial charge in [0.2, 0.25) is 10.0 Å². The van der Waals surface area contributed by atoms with Crippen LogP contribution in [0.5, 0.6) is 5.75 Å². The monoisotopic (exact) mass is 469 g/mol. The predicted octanol–water partition coefficient (Wildman–Crippen LogP) is 4.29. The molecule has 0 spiro atoms. The summed E-state index contributed by atoms with van der Waals surface area (Å²) in [5, 5.41) is 0. The third-order valence-corrected chi connectivity index (χ3v) is 5.64. The average molecular weight is 471 g/mol. The minimum absolute atomic E-state index is 0.0264. The minimum atomic E-state index is -3.75. The topological polar surface area (TPSA) is 55.4 Å². The maximum absolute atomic E-state index is 12.3. The first-order valence-electron chi connectivity index (χ1n) is 6.26. The highest BCUT2D eigenvalue weighted by Gasteiger charge is 2.17. The maximum Gasteiger partial charge on any atom is 0.387 e. The van der Waals surface area contributed by atoms with Gasteiger partial charge in [-0.3, -0.25) is 0 Å². The van der Waals surface area contributed by atoms with E-state index in [9.17, 15) is 17.2 Å². The average Bonchev–Trinajstić information content (AvgIpc) is 2.44. The van der Waals surface area contributed by atoms with Gasteiger partial charge in [-0.25, -0.2) is 13.1 Å². The number of alkyl halides is 2. The Morgan fingerprint density at radius 1 is 1.13 bits per heavy atom. The Balaban J connectivity index is 2.13. The van der Waals surface area contributed by atoms with Gasteiger partial charge in [0.15, 0.2) is 0 Å². The molecule has 0 radical (unpaired) electrons. The van der Waals surface area contributed by atoms with Crippen LogP contribution in [-0.4, -0.2) is 15.0 Å². The van der Waals surface area contributed by atoms with Crippen molar-refractivity contribution in [2.45, 2.75) is 18.1 Å². The zero-order valence-corrected chi connectivity index (χ0v) is 15.5. The Morgan fingerprint density at radius 2 is 1.87 bits per heavy atom. The summed E-state index contributed by atoms with van der Waals surface area (Å²) in [6.45, 7) is -2.98. The van der Waals surface area contributed by atoms with E-state index in [0.29, 0.717) is 10.0 Å². The van der Waals surface area contributed by atoms with Crippen molar-refractivity contribution < 1.29 is 21.9 Å². The molecule has 0 unspecified atom stereocenters. The van der Waals surface area contributed by atoms with Gasteiger partial charge in [-0.15, -0.1) is 0 Å². The van der Waals surface area contributed by atoms with E-state index < -0.39 is 16.6 Å². The van der Waals surface area contributed by atoms with Gasteiger partial charge in [-0.2, -0.15) is 8.78 Å². The first kappa shape index (κ1) is 18.3. The second-order valence-electron chi connectivity index (χ2n) is 4.43. The van der Waals surface area contributed by atoms with Crippen LogP contribution in [0.3, 0.4) is 0 Å². The lowest BCUT2D eigenvalue weighted by Crippen LogP contribution is -2.23. The maximum atomic E-state index is 12.3. The lowest BCUT2D eigenvalue weighted by molar-refractivity contribution is -0.0498. The summed E-state index contributed by atoms with van der Waals surface area (Å²) < 4.78 is 56.8. The Morgan fingerprint density at radius 3 is 2.52 bits per heavy atom. The SMILES string of the molecule is O=S(=O)(NCc1cccc(OC(F)F)c1)c1ccc(Br)cc1Br. The van der Waals surface area contributed by atoms with Crippen molar-refractivity contribution in [2.24, 2.45) is 0 Å². The minimum Gasteiger partial charge on any atom is -0.435 e. The second kappa shape index (κ2) is 7.69. The van der Waals surface area contributed by atoms with Crippen molar-refractivity contribution >= 4 is 41.9 Å². The summed E-state index contributed by atoms with van der Waals surface area (Å²) in [6, 6.07) is 10.5. The van der Waals surface area contributed by atoms with Gasteiger partial charge < -0.3 is 4.74 Å². The fourth-order valence-corrected chi connectivity index (χ4v) is 4.54. The van der Waals surface area contributed by atoms with Crippen LogP contribution in [0.25, 0.3) is 0 Å². The lowest BCUT2D eigenvalue weighted by atomic mass is 10.2. The van der Waals surface area contributed by atoms with Crippen molar-refractivity contribution in [3.05, 3.63) is 57.0 Å². The van der Waals surface area contributed by atoms with E-state index in [-0.39, 0.29) is 17.2 Å². The molecule has 124 valence electrons. The standard InChI is InChI=1S/C14H11Br2F2NO3S/c15-10-4-5-13(12(16)7-10)23(20,21)19-8-9-2-1-3-11(6-9)22-14(17)18/h1-7,14,19H,8H2. The fraction of sp³-hybridized carbons (Fsp3) is 0.143. The normalized spacial score (nSPS) is 11.7. The number of hydrogen-bond acceptors (Lipinski definition) is 3. The molecule has 4 nitrogen and oxygen atoms in total. The molecule has 9 heteroatoms. The molecular weight excluding hydrogens is 460 g/mol. The molecule has 0 fully saturated rings. The third-order valence-electron chi connectivity index (χ3n) is 2.77. The second-order valence-corrected chi connectivity index (χ2v) is 7.93. The Hall–Kier alpha value is -1.03. The van der Waals surface area contributed by atoms with Crippen LogP contribution in [0.1, 0.15) is 5.56 Å². The molecule has 0 atom stereocenters. The number of ether oxygens (including phenoxy) is 1. The quantitative estimate of drug-likeness (QED) is 0.685. The zero-order chi connectivity index (χ0) is 17.0. The molecule has 0 saturated carbocycles. The van der Waals surface area contributed by atoms with Crippen molar-refractivity contribution in [3.63, 3.8) is 0 Å². The van der Waals surface area contributed by atoms with E-state index in [0.717, 1.165) is 4.47 Å². The van der Waals surface area contributed by atoms with Gasteiger partial charge in [-0.05, 0) is 51.8 Å². The van der Waals surface area contributed by atoms with E-state index in [1.165, 1.54) is 24.3 Å². The summed E-state index contributed by atoms with van der Waals surface area (Å²) in [5.74, 6) is -0.0264. The Kier molecular flexibility index (Phi) is 6.12. The Bertz CT molecular complexity index is 800. The number of nitrogens with one attached hydrogen (secondary N) is 1. The molecule has 0 aromatic heterocycles. The number of benzene rings is 2. The molecule has 0 bridgehead atoms. The van der Waals surface area contributed by atoms with Crippen LogP contribution < -0.4 is 9.46 Å². The van der Waals surface area contributed by atoms with Crippen LogP contribution in [-0.2, 0) is 16.6 Å². The van der Waals surface area contributed by atoms with E-state index in [2.05, 4.69) is 41.3 Å². The van der Waals surface area contributed by atoms with E-state index in [4.69, 9.17) is 0 Å². The summed E-state index contributed by atoms with van der Waals surface area (Å²) in [4.78, 5) is 0.0840. The number of sulfonamides is 1. The molecule has 2 aromatic carbocycles. The van der Waals surface area contributed by atoms with Crippen molar-refractivity contribution in [3.8, 4) is 5.75 Å². The first-order chi connectivity index (χ1) is 10.8. The summed E-state index contributed by atoms with van der Waals surface area (Å²) in [7, 11) is -3.75. The largest absolute Gasteiger partial charge is 0.435 e. The van der Waals surface area contributed by atoms with Gasteiger partial charge in [0.1, 0.15) is 5.75 Å². The van der Waals surface area contributed by atoms with Gasteiger partial charge in [0.25, 0.3) is 0 Å². The number of hydrogen-bond donors (Lipinski definition) is 1. The lowest BCUT2D eigenvalue weighted by Gasteiger charge is -2.10. The molecule has 0 heterocycles. The number of rotatable bonds is 6. The summed E-state index contributed by atoms with van der Waals surface area (Å²) >= 11 is 6.44. The summed E-state index contributed by atoms with van der Waals surface area (Å²) in [6.07, 6.45) is 0. The molecule has 2 aromatic rings. The van der Waals surface area contributed by atoms with Crippen LogP contribution in [0.4, 0.5) is 8.78 Å². The molecule has 23 heavy (non-hydrogen) atoms. The van der Waals surface area contributed by atoms with Gasteiger partial charge in [-0.1, -0.05) is 28.1 Å². The molecule has 0 saturated heterocycles. The number of halogens is 4. The molecule has 1 N–H and O–H groups in total. The highest BCUT2D eigenvalue weighted by atomic mass is 79.9. The molecule has 0 aliphatic heterocycles. The highest BCUT2D eigenvalue weighted by Crippen LogP contribution is 2.26. The van der Waals surface area contributed by atoms with Crippen LogP contribution in [0, 0.1) is 0 Å². The van der Waals surface area contributed by atoms with Crippen LogP contribution >= 0.6 is 31.9 Å². The molecule has 0 aliphatic carbocycles. The Labute approximate surface area is 149 Å². The highest BCUT2D eigenvalue weighted by molar-refractivity contribution is 9.11. The first-order valence-corrected chi connectivity index (χ1v) is 9.33. The van der Waals surface area contributed by atoms with Gasteiger partial charge in [0.05, 0.1) is 4.90 Å². The van der Waals surface area contributed by atoms with Crippen molar-refractivity contribution in [2.75, 3.05) is 0 Å². The predicted molar refractivity (Wildman–Crippen MR) is 88.9 cm³/mol. The van der Waals surface area contributed by atoms with Crippen molar-refractivity contribution in [1.82, 2.24) is 4.72 Å². The van der Waals surface area contributed by atoms with Crippen LogP contribution in [0.2, 0.25) is 0 Å². The van der Waals surface area contributed by atoms with E-state index >= 15 is 0 Å². The zero-order valence-electron chi connectivity index (χ0n) is 11.5.